The largest absolute Gasteiger partial charge is 0.308 e. The maximum absolute atomic E-state index is 13.3. The Labute approximate surface area is 159 Å². The number of hydrogen-bond acceptors (Lipinski definition) is 4. The molecule has 0 unspecified atom stereocenters. The molecule has 0 atom stereocenters. The Kier molecular flexibility index (Phi) is 5.39. The number of thiazole rings is 1. The number of anilines is 1. The second-order valence-electron chi connectivity index (χ2n) is 6.93. The number of carbonyl (C=O) groups is 1. The third-order valence-corrected chi connectivity index (χ3v) is 5.74. The fraction of sp³-hybridized carbons (Fsp3) is 0.333. The number of rotatable bonds is 5. The second-order valence-corrected chi connectivity index (χ2v) is 7.93. The van der Waals surface area contributed by atoms with Crippen molar-refractivity contribution >= 4 is 32.6 Å². The summed E-state index contributed by atoms with van der Waals surface area (Å²) in [6, 6.07) is 12.0. The molecule has 0 radical (unpaired) electrons. The second kappa shape index (κ2) is 7.56. The van der Waals surface area contributed by atoms with Crippen molar-refractivity contribution in [2.45, 2.75) is 20.8 Å². The first-order chi connectivity index (χ1) is 12.4. The first-order valence-corrected chi connectivity index (χ1v) is 9.59. The van der Waals surface area contributed by atoms with Crippen molar-refractivity contribution in [3.05, 3.63) is 58.7 Å². The molecule has 0 fully saturated rings. The van der Waals surface area contributed by atoms with Crippen LogP contribution >= 0.6 is 11.3 Å². The molecule has 0 saturated heterocycles. The van der Waals surface area contributed by atoms with Crippen LogP contribution in [0.5, 0.6) is 0 Å². The summed E-state index contributed by atoms with van der Waals surface area (Å²) < 4.78 is 1.12. The molecule has 5 heteroatoms. The molecule has 0 N–H and O–H groups in total. The number of fused-ring (bicyclic) bond motifs is 1. The van der Waals surface area contributed by atoms with Crippen LogP contribution < -0.4 is 4.90 Å². The van der Waals surface area contributed by atoms with E-state index in [1.54, 1.807) is 11.3 Å². The van der Waals surface area contributed by atoms with Gasteiger partial charge in [0.15, 0.2) is 5.13 Å². The molecule has 0 aliphatic heterocycles. The van der Waals surface area contributed by atoms with Crippen LogP contribution in [-0.4, -0.2) is 43.0 Å². The first kappa shape index (κ1) is 18.5. The lowest BCUT2D eigenvalue weighted by Crippen LogP contribution is -2.37. The third kappa shape index (κ3) is 3.64. The van der Waals surface area contributed by atoms with Crippen molar-refractivity contribution in [3.63, 3.8) is 0 Å². The number of nitrogens with zero attached hydrogens (tertiary/aromatic N) is 3. The summed E-state index contributed by atoms with van der Waals surface area (Å²) in [6.07, 6.45) is 0. The highest BCUT2D eigenvalue weighted by Crippen LogP contribution is 2.32. The fourth-order valence-electron chi connectivity index (χ4n) is 2.87. The number of hydrogen-bond donors (Lipinski definition) is 0. The minimum atomic E-state index is 0.0124. The van der Waals surface area contributed by atoms with Crippen LogP contribution in [-0.2, 0) is 0 Å². The van der Waals surface area contributed by atoms with E-state index in [2.05, 4.69) is 30.9 Å². The molecule has 1 aromatic heterocycles. The average Bonchev–Trinajstić information content (AvgIpc) is 3.03. The van der Waals surface area contributed by atoms with Gasteiger partial charge in [0.2, 0.25) is 0 Å². The lowest BCUT2D eigenvalue weighted by atomic mass is 10.1. The van der Waals surface area contributed by atoms with Crippen LogP contribution in [0.15, 0.2) is 36.4 Å². The highest BCUT2D eigenvalue weighted by molar-refractivity contribution is 7.22. The van der Waals surface area contributed by atoms with Gasteiger partial charge in [-0.3, -0.25) is 9.69 Å². The number of benzene rings is 2. The smallest absolute Gasteiger partial charge is 0.260 e. The molecular formula is C21H25N3OS. The minimum Gasteiger partial charge on any atom is -0.308 e. The van der Waals surface area contributed by atoms with E-state index in [1.165, 1.54) is 11.1 Å². The van der Waals surface area contributed by atoms with Crippen molar-refractivity contribution in [3.8, 4) is 0 Å². The summed E-state index contributed by atoms with van der Waals surface area (Å²) in [5.74, 6) is 0.0124. The summed E-state index contributed by atoms with van der Waals surface area (Å²) in [4.78, 5) is 22.0. The molecule has 0 aliphatic rings. The Bertz CT molecular complexity index is 946. The highest BCUT2D eigenvalue weighted by atomic mass is 32.1. The summed E-state index contributed by atoms with van der Waals surface area (Å²) in [6.45, 7) is 7.55. The van der Waals surface area contributed by atoms with Gasteiger partial charge in [0.05, 0.1) is 10.2 Å². The molecule has 136 valence electrons. The van der Waals surface area contributed by atoms with Crippen molar-refractivity contribution in [1.82, 2.24) is 9.88 Å². The average molecular weight is 368 g/mol. The van der Waals surface area contributed by atoms with Gasteiger partial charge in [0, 0.05) is 18.7 Å². The molecule has 0 saturated carbocycles. The number of aromatic nitrogens is 1. The van der Waals surface area contributed by atoms with Crippen LogP contribution in [0.25, 0.3) is 10.2 Å². The summed E-state index contributed by atoms with van der Waals surface area (Å²) in [5, 5.41) is 0.767. The Balaban J connectivity index is 2.05. The van der Waals surface area contributed by atoms with Gasteiger partial charge in [-0.25, -0.2) is 4.98 Å². The lowest BCUT2D eigenvalue weighted by molar-refractivity contribution is 0.0984. The maximum Gasteiger partial charge on any atom is 0.260 e. The number of likely N-dealkylation sites (N-methyl/N-ethyl adjacent to an activating group) is 1. The number of carbonyl (C=O) groups excluding carboxylic acids is 1. The number of aryl methyl sites for hydroxylation is 3. The normalized spacial score (nSPS) is 11.3. The van der Waals surface area contributed by atoms with Gasteiger partial charge >= 0.3 is 0 Å². The van der Waals surface area contributed by atoms with Crippen LogP contribution in [0.1, 0.15) is 27.0 Å². The van der Waals surface area contributed by atoms with Gasteiger partial charge in [-0.1, -0.05) is 35.6 Å². The van der Waals surface area contributed by atoms with Crippen molar-refractivity contribution < 1.29 is 4.79 Å². The topological polar surface area (TPSA) is 36.4 Å². The molecule has 4 nitrogen and oxygen atoms in total. The van der Waals surface area contributed by atoms with E-state index >= 15 is 0 Å². The molecule has 0 aliphatic carbocycles. The van der Waals surface area contributed by atoms with Crippen LogP contribution in [0.3, 0.4) is 0 Å². The molecule has 3 rings (SSSR count). The molecular weight excluding hydrogens is 342 g/mol. The quantitative estimate of drug-likeness (QED) is 0.669. The van der Waals surface area contributed by atoms with Gasteiger partial charge in [-0.2, -0.15) is 0 Å². The van der Waals surface area contributed by atoms with Crippen molar-refractivity contribution in [2.75, 3.05) is 32.1 Å². The highest BCUT2D eigenvalue weighted by Gasteiger charge is 2.23. The van der Waals surface area contributed by atoms with Gasteiger partial charge in [0.1, 0.15) is 0 Å². The van der Waals surface area contributed by atoms with Crippen LogP contribution in [0.2, 0.25) is 0 Å². The van der Waals surface area contributed by atoms with Gasteiger partial charge in [0.25, 0.3) is 5.91 Å². The summed E-state index contributed by atoms with van der Waals surface area (Å²) in [7, 11) is 4.03. The Morgan fingerprint density at radius 3 is 2.42 bits per heavy atom. The predicted molar refractivity (Wildman–Crippen MR) is 111 cm³/mol. The van der Waals surface area contributed by atoms with Gasteiger partial charge in [-0.15, -0.1) is 0 Å². The van der Waals surface area contributed by atoms with Gasteiger partial charge < -0.3 is 4.90 Å². The maximum atomic E-state index is 13.3. The summed E-state index contributed by atoms with van der Waals surface area (Å²) in [5.41, 5.74) is 5.12. The molecule has 0 bridgehead atoms. The van der Waals surface area contributed by atoms with E-state index in [4.69, 9.17) is 4.98 Å². The lowest BCUT2D eigenvalue weighted by Gasteiger charge is -2.22. The molecule has 1 heterocycles. The molecule has 3 aromatic rings. The van der Waals surface area contributed by atoms with E-state index in [9.17, 15) is 4.79 Å². The monoisotopic (exact) mass is 367 g/mol. The predicted octanol–water partition coefficient (Wildman–Crippen LogP) is 4.43. The molecule has 1 amide bonds. The molecule has 26 heavy (non-hydrogen) atoms. The van der Waals surface area contributed by atoms with E-state index in [-0.39, 0.29) is 5.91 Å². The number of amides is 1. The van der Waals surface area contributed by atoms with Gasteiger partial charge in [-0.05, 0) is 63.7 Å². The Morgan fingerprint density at radius 2 is 1.73 bits per heavy atom. The van der Waals surface area contributed by atoms with Crippen LogP contribution in [0.4, 0.5) is 5.13 Å². The first-order valence-electron chi connectivity index (χ1n) is 8.77. The Morgan fingerprint density at radius 1 is 1.00 bits per heavy atom. The fourth-order valence-corrected chi connectivity index (χ4v) is 3.92. The van der Waals surface area contributed by atoms with E-state index in [1.807, 2.05) is 50.2 Å². The van der Waals surface area contributed by atoms with E-state index in [0.717, 1.165) is 33.0 Å². The van der Waals surface area contributed by atoms with Crippen molar-refractivity contribution in [2.24, 2.45) is 0 Å². The van der Waals surface area contributed by atoms with E-state index < -0.39 is 0 Å². The third-order valence-electron chi connectivity index (χ3n) is 4.70. The molecule has 2 aromatic carbocycles. The molecule has 0 spiro atoms. The zero-order valence-corrected chi connectivity index (χ0v) is 16.9. The minimum absolute atomic E-state index is 0.0124. The van der Waals surface area contributed by atoms with E-state index in [0.29, 0.717) is 6.54 Å². The standard InChI is InChI=1S/C21H25N3OS/c1-14-10-11-18-19(16(14)3)22-21(26-18)24(13-12-23(4)5)20(25)17-9-7-6-8-15(17)2/h6-11H,12-13H2,1-5H3. The van der Waals surface area contributed by atoms with Crippen LogP contribution in [0, 0.1) is 20.8 Å². The zero-order chi connectivity index (χ0) is 18.8. The Hall–Kier alpha value is -2.24. The SMILES string of the molecule is Cc1ccccc1C(=O)N(CCN(C)C)c1nc2c(C)c(C)ccc2s1. The zero-order valence-electron chi connectivity index (χ0n) is 16.0. The van der Waals surface area contributed by atoms with Crippen molar-refractivity contribution in [1.29, 1.82) is 0 Å². The summed E-state index contributed by atoms with van der Waals surface area (Å²) >= 11 is 1.58.